The van der Waals surface area contributed by atoms with E-state index in [0.29, 0.717) is 29.7 Å². The summed E-state index contributed by atoms with van der Waals surface area (Å²) in [7, 11) is 1.61. The number of morpholine rings is 1. The summed E-state index contributed by atoms with van der Waals surface area (Å²) in [5.41, 5.74) is 0.993. The molecule has 3 rings (SSSR count). The van der Waals surface area contributed by atoms with Crippen LogP contribution in [0.25, 0.3) is 0 Å². The van der Waals surface area contributed by atoms with E-state index in [4.69, 9.17) is 30.5 Å². The molecule has 5 nitrogen and oxygen atoms in total. The summed E-state index contributed by atoms with van der Waals surface area (Å²) in [6.45, 7) is 7.37. The molecule has 0 aromatic heterocycles. The smallest absolute Gasteiger partial charge is 0.179 e. The molecule has 2 heterocycles. The molecular weight excluding hydrogens is 318 g/mol. The second-order valence-corrected chi connectivity index (χ2v) is 6.49. The van der Waals surface area contributed by atoms with Gasteiger partial charge in [-0.15, -0.1) is 0 Å². The van der Waals surface area contributed by atoms with Gasteiger partial charge in [0.25, 0.3) is 0 Å². The van der Waals surface area contributed by atoms with Crippen LogP contribution in [0, 0.1) is 0 Å². The summed E-state index contributed by atoms with van der Waals surface area (Å²) in [6.07, 6.45) is 0.969. The molecule has 0 saturated carbocycles. The van der Waals surface area contributed by atoms with Gasteiger partial charge in [-0.05, 0) is 24.6 Å². The first kappa shape index (κ1) is 16.8. The third-order valence-electron chi connectivity index (χ3n) is 4.37. The van der Waals surface area contributed by atoms with Crippen LogP contribution >= 0.6 is 11.6 Å². The summed E-state index contributed by atoms with van der Waals surface area (Å²) in [6, 6.07) is 3.97. The van der Waals surface area contributed by atoms with Crippen LogP contribution in [0.4, 0.5) is 0 Å². The lowest BCUT2D eigenvalue weighted by atomic mass is 10.0. The van der Waals surface area contributed by atoms with Gasteiger partial charge in [0.2, 0.25) is 0 Å². The van der Waals surface area contributed by atoms with Crippen molar-refractivity contribution < 1.29 is 18.9 Å². The van der Waals surface area contributed by atoms with Crippen molar-refractivity contribution in [3.05, 3.63) is 22.7 Å². The van der Waals surface area contributed by atoms with Crippen molar-refractivity contribution in [1.82, 2.24) is 4.90 Å². The Kier molecular flexibility index (Phi) is 5.31. The average molecular weight is 342 g/mol. The molecule has 0 aliphatic carbocycles. The number of ether oxygens (including phenoxy) is 4. The van der Waals surface area contributed by atoms with Crippen LogP contribution < -0.4 is 9.47 Å². The van der Waals surface area contributed by atoms with Crippen LogP contribution in [0.2, 0.25) is 5.02 Å². The average Bonchev–Trinajstić information content (AvgIpc) is 2.95. The van der Waals surface area contributed by atoms with E-state index in [9.17, 15) is 0 Å². The fraction of sp³-hybridized carbons (Fsp3) is 0.647. The molecule has 2 aliphatic rings. The summed E-state index contributed by atoms with van der Waals surface area (Å²) in [5.74, 6) is 1.30. The molecule has 1 aromatic carbocycles. The number of rotatable bonds is 5. The molecule has 128 valence electrons. The van der Waals surface area contributed by atoms with Crippen molar-refractivity contribution in [3.8, 4) is 11.5 Å². The third kappa shape index (κ3) is 3.74. The number of halogens is 1. The highest BCUT2D eigenvalue weighted by molar-refractivity contribution is 6.32. The van der Waals surface area contributed by atoms with Gasteiger partial charge in [0.05, 0.1) is 32.0 Å². The van der Waals surface area contributed by atoms with Crippen molar-refractivity contribution in [2.24, 2.45) is 0 Å². The second-order valence-electron chi connectivity index (χ2n) is 6.09. The lowest BCUT2D eigenvalue weighted by Gasteiger charge is -2.39. The van der Waals surface area contributed by atoms with Gasteiger partial charge < -0.3 is 18.9 Å². The molecule has 1 spiro atoms. The maximum Gasteiger partial charge on any atom is 0.179 e. The zero-order chi connectivity index (χ0) is 16.3. The molecule has 0 radical (unpaired) electrons. The third-order valence-corrected chi connectivity index (χ3v) is 4.65. The van der Waals surface area contributed by atoms with Crippen molar-refractivity contribution in [2.45, 2.75) is 25.5 Å². The Labute approximate surface area is 142 Å². The molecule has 1 aromatic rings. The van der Waals surface area contributed by atoms with Gasteiger partial charge in [0.15, 0.2) is 11.5 Å². The SMILES string of the molecule is CCOc1cc(CN2CCOC3(CCOC3)C2)cc(Cl)c1OC. The Balaban J connectivity index is 1.74. The van der Waals surface area contributed by atoms with Gasteiger partial charge in [-0.1, -0.05) is 11.6 Å². The molecular formula is C17H24ClNO4. The topological polar surface area (TPSA) is 40.2 Å². The maximum atomic E-state index is 6.34. The Morgan fingerprint density at radius 3 is 2.91 bits per heavy atom. The highest BCUT2D eigenvalue weighted by Gasteiger charge is 2.40. The van der Waals surface area contributed by atoms with E-state index in [1.807, 2.05) is 19.1 Å². The standard InChI is InChI=1S/C17H24ClNO4/c1-3-22-15-9-13(8-14(18)16(15)20-2)10-19-5-7-23-17(11-19)4-6-21-12-17/h8-9H,3-7,10-12H2,1-2H3. The van der Waals surface area contributed by atoms with Crippen LogP contribution in [-0.2, 0) is 16.0 Å². The van der Waals surface area contributed by atoms with E-state index < -0.39 is 0 Å². The van der Waals surface area contributed by atoms with E-state index in [1.165, 1.54) is 0 Å². The second kappa shape index (κ2) is 7.26. The monoisotopic (exact) mass is 341 g/mol. The molecule has 0 bridgehead atoms. The number of benzene rings is 1. The molecule has 2 saturated heterocycles. The van der Waals surface area contributed by atoms with Crippen LogP contribution in [0.1, 0.15) is 18.9 Å². The summed E-state index contributed by atoms with van der Waals surface area (Å²) >= 11 is 6.34. The largest absolute Gasteiger partial charge is 0.491 e. The molecule has 2 fully saturated rings. The van der Waals surface area contributed by atoms with Crippen LogP contribution in [-0.4, -0.2) is 57.1 Å². The fourth-order valence-corrected chi connectivity index (χ4v) is 3.63. The van der Waals surface area contributed by atoms with Gasteiger partial charge in [-0.25, -0.2) is 0 Å². The van der Waals surface area contributed by atoms with E-state index >= 15 is 0 Å². The summed E-state index contributed by atoms with van der Waals surface area (Å²) in [5, 5.41) is 0.584. The predicted octanol–water partition coefficient (Wildman–Crippen LogP) is 2.74. The van der Waals surface area contributed by atoms with E-state index in [2.05, 4.69) is 4.90 Å². The minimum Gasteiger partial charge on any atom is -0.491 e. The number of hydrogen-bond acceptors (Lipinski definition) is 5. The zero-order valence-electron chi connectivity index (χ0n) is 13.8. The molecule has 1 atom stereocenters. The van der Waals surface area contributed by atoms with Crippen molar-refractivity contribution >= 4 is 11.6 Å². The van der Waals surface area contributed by atoms with E-state index in [1.54, 1.807) is 7.11 Å². The zero-order valence-corrected chi connectivity index (χ0v) is 14.5. The highest BCUT2D eigenvalue weighted by atomic mass is 35.5. The van der Waals surface area contributed by atoms with Gasteiger partial charge in [0.1, 0.15) is 5.60 Å². The van der Waals surface area contributed by atoms with Gasteiger partial charge in [-0.3, -0.25) is 4.90 Å². The Morgan fingerprint density at radius 1 is 1.35 bits per heavy atom. The van der Waals surface area contributed by atoms with E-state index in [-0.39, 0.29) is 5.60 Å². The van der Waals surface area contributed by atoms with Crippen LogP contribution in [0.15, 0.2) is 12.1 Å². The molecule has 6 heteroatoms. The van der Waals surface area contributed by atoms with Crippen molar-refractivity contribution in [3.63, 3.8) is 0 Å². The normalized spacial score (nSPS) is 25.0. The summed E-state index contributed by atoms with van der Waals surface area (Å²) < 4.78 is 22.5. The number of nitrogens with zero attached hydrogens (tertiary/aromatic N) is 1. The lowest BCUT2D eigenvalue weighted by molar-refractivity contribution is -0.111. The van der Waals surface area contributed by atoms with Gasteiger partial charge in [-0.2, -0.15) is 0 Å². The Hall–Kier alpha value is -1.01. The van der Waals surface area contributed by atoms with Crippen LogP contribution in [0.5, 0.6) is 11.5 Å². The quantitative estimate of drug-likeness (QED) is 0.823. The van der Waals surface area contributed by atoms with Gasteiger partial charge >= 0.3 is 0 Å². The first-order valence-electron chi connectivity index (χ1n) is 8.09. The van der Waals surface area contributed by atoms with Gasteiger partial charge in [0, 0.05) is 32.7 Å². The fourth-order valence-electron chi connectivity index (χ4n) is 3.32. The molecule has 23 heavy (non-hydrogen) atoms. The number of methoxy groups -OCH3 is 1. The minimum absolute atomic E-state index is 0.128. The van der Waals surface area contributed by atoms with Crippen molar-refractivity contribution in [1.29, 1.82) is 0 Å². The first-order chi connectivity index (χ1) is 11.2. The predicted molar refractivity (Wildman–Crippen MR) is 88.6 cm³/mol. The molecule has 2 aliphatic heterocycles. The molecule has 1 unspecified atom stereocenters. The maximum absolute atomic E-state index is 6.34. The van der Waals surface area contributed by atoms with Crippen LogP contribution in [0.3, 0.4) is 0 Å². The highest BCUT2D eigenvalue weighted by Crippen LogP contribution is 2.37. The Morgan fingerprint density at radius 2 is 2.22 bits per heavy atom. The Bertz CT molecular complexity index is 546. The van der Waals surface area contributed by atoms with E-state index in [0.717, 1.165) is 44.8 Å². The first-order valence-corrected chi connectivity index (χ1v) is 8.47. The number of hydrogen-bond donors (Lipinski definition) is 0. The summed E-state index contributed by atoms with van der Waals surface area (Å²) in [4.78, 5) is 2.39. The lowest BCUT2D eigenvalue weighted by Crippen LogP contribution is -2.51. The molecule has 0 amide bonds. The minimum atomic E-state index is -0.128. The molecule has 0 N–H and O–H groups in total. The van der Waals surface area contributed by atoms with Crippen molar-refractivity contribution in [2.75, 3.05) is 46.6 Å².